The van der Waals surface area contributed by atoms with E-state index >= 15 is 0 Å². The normalized spacial score (nSPS) is 11.4. The first-order valence-corrected chi connectivity index (χ1v) is 8.58. The van der Waals surface area contributed by atoms with Crippen molar-refractivity contribution in [1.82, 2.24) is 9.97 Å². The number of halogens is 1. The van der Waals surface area contributed by atoms with Crippen molar-refractivity contribution in [2.45, 2.75) is 39.0 Å². The third kappa shape index (κ3) is 3.20. The minimum atomic E-state index is -0.115. The molecule has 0 unspecified atom stereocenters. The number of benzene rings is 1. The molecule has 0 aliphatic rings. The second-order valence-electron chi connectivity index (χ2n) is 5.08. The number of hydrogen-bond donors (Lipinski definition) is 1. The number of anilines is 1. The van der Waals surface area contributed by atoms with Crippen LogP contribution in [0.5, 0.6) is 0 Å². The highest BCUT2D eigenvalue weighted by Gasteiger charge is 2.34. The topological polar surface area (TPSA) is 37.8 Å². The van der Waals surface area contributed by atoms with Gasteiger partial charge in [-0.05, 0) is 47.9 Å². The van der Waals surface area contributed by atoms with Crippen LogP contribution in [-0.2, 0) is 5.41 Å². The lowest BCUT2D eigenvalue weighted by atomic mass is 9.75. The largest absolute Gasteiger partial charge is 0.369 e. The van der Waals surface area contributed by atoms with Crippen LogP contribution in [0.2, 0.25) is 0 Å². The lowest BCUT2D eigenvalue weighted by Gasteiger charge is -2.31. The highest BCUT2D eigenvalue weighted by Crippen LogP contribution is 2.37. The summed E-state index contributed by atoms with van der Waals surface area (Å²) in [7, 11) is 0. The lowest BCUT2D eigenvalue weighted by molar-refractivity contribution is 0.449. The molecule has 0 saturated heterocycles. The Labute approximate surface area is 140 Å². The zero-order valence-corrected chi connectivity index (χ0v) is 15.0. The molecule has 0 spiro atoms. The van der Waals surface area contributed by atoms with Crippen LogP contribution in [-0.4, -0.2) is 16.5 Å². The van der Waals surface area contributed by atoms with Gasteiger partial charge in [-0.25, -0.2) is 9.97 Å². The van der Waals surface area contributed by atoms with Gasteiger partial charge in [0.15, 0.2) is 0 Å². The molecular weight excluding hydrogens is 373 g/mol. The fourth-order valence-corrected chi connectivity index (χ4v) is 3.20. The van der Waals surface area contributed by atoms with E-state index < -0.39 is 0 Å². The average Bonchev–Trinajstić information content (AvgIpc) is 2.53. The number of nitrogens with zero attached hydrogens (tertiary/aromatic N) is 2. The smallest absolute Gasteiger partial charge is 0.143 e. The molecule has 1 aromatic carbocycles. The number of nitrogens with one attached hydrogen (secondary N) is 1. The molecule has 3 nitrogen and oxygen atoms in total. The van der Waals surface area contributed by atoms with Gasteiger partial charge in [0, 0.05) is 12.7 Å². The van der Waals surface area contributed by atoms with Gasteiger partial charge in [0.2, 0.25) is 0 Å². The Hall–Kier alpha value is -1.17. The summed E-state index contributed by atoms with van der Waals surface area (Å²) in [6.45, 7) is 7.38. The van der Waals surface area contributed by atoms with Crippen LogP contribution < -0.4 is 5.32 Å². The van der Waals surface area contributed by atoms with E-state index in [0.29, 0.717) is 0 Å². The molecule has 1 heterocycles. The van der Waals surface area contributed by atoms with Crippen LogP contribution in [0.15, 0.2) is 36.5 Å². The number of aromatic nitrogens is 2. The van der Waals surface area contributed by atoms with Gasteiger partial charge in [0.25, 0.3) is 0 Å². The van der Waals surface area contributed by atoms with Crippen molar-refractivity contribution >= 4 is 28.4 Å². The fourth-order valence-electron chi connectivity index (χ4n) is 2.75. The molecule has 0 amide bonds. The summed E-state index contributed by atoms with van der Waals surface area (Å²) >= 11 is 2.28. The van der Waals surface area contributed by atoms with Crippen LogP contribution in [0.1, 0.15) is 45.0 Å². The molecule has 4 heteroatoms. The SMILES string of the molecule is CCNc1nc(C(CC)(CC)c2ccccc2)ncc1I. The van der Waals surface area contributed by atoms with Crippen LogP contribution >= 0.6 is 22.6 Å². The van der Waals surface area contributed by atoms with Crippen molar-refractivity contribution in [3.05, 3.63) is 51.5 Å². The molecule has 0 saturated carbocycles. The van der Waals surface area contributed by atoms with Crippen molar-refractivity contribution in [3.63, 3.8) is 0 Å². The highest BCUT2D eigenvalue weighted by atomic mass is 127. The van der Waals surface area contributed by atoms with Crippen molar-refractivity contribution < 1.29 is 0 Å². The van der Waals surface area contributed by atoms with E-state index in [-0.39, 0.29) is 5.41 Å². The third-order valence-electron chi connectivity index (χ3n) is 4.05. The fraction of sp³-hybridized carbons (Fsp3) is 0.412. The van der Waals surface area contributed by atoms with Gasteiger partial charge in [0.1, 0.15) is 11.6 Å². The highest BCUT2D eigenvalue weighted by molar-refractivity contribution is 14.1. The van der Waals surface area contributed by atoms with Crippen molar-refractivity contribution in [1.29, 1.82) is 0 Å². The Balaban J connectivity index is 2.55. The molecule has 0 aliphatic heterocycles. The van der Waals surface area contributed by atoms with E-state index in [4.69, 9.17) is 4.98 Å². The summed E-state index contributed by atoms with van der Waals surface area (Å²) in [5.41, 5.74) is 1.18. The van der Waals surface area contributed by atoms with Gasteiger partial charge in [-0.2, -0.15) is 0 Å². The number of hydrogen-bond acceptors (Lipinski definition) is 3. The summed E-state index contributed by atoms with van der Waals surface area (Å²) < 4.78 is 1.06. The van der Waals surface area contributed by atoms with Crippen molar-refractivity contribution in [2.24, 2.45) is 0 Å². The Morgan fingerprint density at radius 2 is 1.76 bits per heavy atom. The Morgan fingerprint density at radius 3 is 2.33 bits per heavy atom. The second kappa shape index (κ2) is 7.20. The predicted molar refractivity (Wildman–Crippen MR) is 96.7 cm³/mol. The molecule has 0 bridgehead atoms. The van der Waals surface area contributed by atoms with Gasteiger partial charge in [-0.1, -0.05) is 44.2 Å². The Kier molecular flexibility index (Phi) is 5.56. The molecule has 21 heavy (non-hydrogen) atoms. The summed E-state index contributed by atoms with van der Waals surface area (Å²) in [5, 5.41) is 3.33. The summed E-state index contributed by atoms with van der Waals surface area (Å²) in [6, 6.07) is 10.6. The lowest BCUT2D eigenvalue weighted by Crippen LogP contribution is -2.29. The van der Waals surface area contributed by atoms with Gasteiger partial charge < -0.3 is 5.32 Å². The first kappa shape index (κ1) is 16.2. The maximum absolute atomic E-state index is 4.82. The second-order valence-corrected chi connectivity index (χ2v) is 6.24. The number of rotatable bonds is 6. The van der Waals surface area contributed by atoms with E-state index in [1.807, 2.05) is 6.20 Å². The first-order chi connectivity index (χ1) is 10.2. The molecule has 1 N–H and O–H groups in total. The molecule has 2 aromatic rings. The van der Waals surface area contributed by atoms with Crippen LogP contribution in [0, 0.1) is 3.57 Å². The zero-order valence-electron chi connectivity index (χ0n) is 12.9. The van der Waals surface area contributed by atoms with E-state index in [1.54, 1.807) is 0 Å². The van der Waals surface area contributed by atoms with Gasteiger partial charge >= 0.3 is 0 Å². The molecule has 0 aliphatic carbocycles. The minimum Gasteiger partial charge on any atom is -0.369 e. The molecule has 0 radical (unpaired) electrons. The van der Waals surface area contributed by atoms with E-state index in [1.165, 1.54) is 5.56 Å². The summed E-state index contributed by atoms with van der Waals surface area (Å²) in [6.07, 6.45) is 3.89. The third-order valence-corrected chi connectivity index (χ3v) is 4.84. The first-order valence-electron chi connectivity index (χ1n) is 7.50. The van der Waals surface area contributed by atoms with E-state index in [2.05, 4.69) is 84.0 Å². The minimum absolute atomic E-state index is 0.115. The van der Waals surface area contributed by atoms with E-state index in [0.717, 1.165) is 34.6 Å². The van der Waals surface area contributed by atoms with Crippen molar-refractivity contribution in [3.8, 4) is 0 Å². The molecule has 0 fully saturated rings. The van der Waals surface area contributed by atoms with Crippen LogP contribution in [0.4, 0.5) is 5.82 Å². The Bertz CT molecular complexity index is 580. The van der Waals surface area contributed by atoms with Gasteiger partial charge in [-0.15, -0.1) is 0 Å². The standard InChI is InChI=1S/C17H22IN3/c1-4-17(5-2,13-10-8-7-9-11-13)16-20-12-14(18)15(21-16)19-6-3/h7-12H,4-6H2,1-3H3,(H,19,20,21). The summed E-state index contributed by atoms with van der Waals surface area (Å²) in [4.78, 5) is 9.48. The summed E-state index contributed by atoms with van der Waals surface area (Å²) in [5.74, 6) is 1.85. The molecule has 1 aromatic heterocycles. The quantitative estimate of drug-likeness (QED) is 0.726. The average molecular weight is 395 g/mol. The molecule has 112 valence electrons. The van der Waals surface area contributed by atoms with Crippen LogP contribution in [0.25, 0.3) is 0 Å². The maximum atomic E-state index is 4.82. The Morgan fingerprint density at radius 1 is 1.10 bits per heavy atom. The molecular formula is C17H22IN3. The van der Waals surface area contributed by atoms with E-state index in [9.17, 15) is 0 Å². The maximum Gasteiger partial charge on any atom is 0.143 e. The van der Waals surface area contributed by atoms with Crippen LogP contribution in [0.3, 0.4) is 0 Å². The van der Waals surface area contributed by atoms with Crippen molar-refractivity contribution in [2.75, 3.05) is 11.9 Å². The monoisotopic (exact) mass is 395 g/mol. The molecule has 0 atom stereocenters. The predicted octanol–water partition coefficient (Wildman–Crippen LogP) is 4.62. The molecule has 2 rings (SSSR count). The van der Waals surface area contributed by atoms with Gasteiger partial charge in [-0.3, -0.25) is 0 Å². The van der Waals surface area contributed by atoms with Gasteiger partial charge in [0.05, 0.1) is 8.99 Å². The zero-order chi connectivity index (χ0) is 15.3.